The van der Waals surface area contributed by atoms with E-state index in [1.165, 1.54) is 0 Å². The molecule has 1 spiro atoms. The lowest BCUT2D eigenvalue weighted by atomic mass is 9.78. The minimum Gasteiger partial charge on any atom is -0.459 e. The zero-order chi connectivity index (χ0) is 37.8. The largest absolute Gasteiger partial charge is 0.459 e. The number of ether oxygens (including phenoxy) is 5. The van der Waals surface area contributed by atoms with Gasteiger partial charge in [-0.15, -0.1) is 0 Å². The van der Waals surface area contributed by atoms with E-state index in [0.29, 0.717) is 25.7 Å². The van der Waals surface area contributed by atoms with Gasteiger partial charge >= 0.3 is 5.97 Å². The van der Waals surface area contributed by atoms with Crippen molar-refractivity contribution >= 4 is 28.4 Å². The number of esters is 1. The van der Waals surface area contributed by atoms with E-state index >= 15 is 0 Å². The summed E-state index contributed by atoms with van der Waals surface area (Å²) in [5.41, 5.74) is 4.98. The third-order valence-corrected chi connectivity index (χ3v) is 12.9. The monoisotopic (exact) mass is 739 g/mol. The summed E-state index contributed by atoms with van der Waals surface area (Å²) < 4.78 is 48.8. The third kappa shape index (κ3) is 8.78. The summed E-state index contributed by atoms with van der Waals surface area (Å²) in [7, 11) is -0.0622. The average Bonchev–Trinajstić information content (AvgIpc) is 3.41. The number of hydrogen-bond acceptors (Lipinski definition) is 10. The Balaban J connectivity index is 1.91. The van der Waals surface area contributed by atoms with E-state index in [1.807, 2.05) is 20.8 Å². The van der Waals surface area contributed by atoms with Gasteiger partial charge in [0.25, 0.3) is 0 Å². The van der Waals surface area contributed by atoms with Gasteiger partial charge in [-0.05, 0) is 118 Å². The van der Waals surface area contributed by atoms with Gasteiger partial charge in [0.05, 0.1) is 35.7 Å². The van der Waals surface area contributed by atoms with Gasteiger partial charge in [0, 0.05) is 24.3 Å². The molecule has 3 saturated heterocycles. The van der Waals surface area contributed by atoms with E-state index in [9.17, 15) is 4.79 Å². The Labute approximate surface area is 304 Å². The Morgan fingerprint density at radius 1 is 1.02 bits per heavy atom. The molecular weight excluding hydrogens is 671 g/mol. The van der Waals surface area contributed by atoms with Crippen molar-refractivity contribution in [3.8, 4) is 0 Å². The summed E-state index contributed by atoms with van der Waals surface area (Å²) in [4.78, 5) is 16.4. The van der Waals surface area contributed by atoms with Crippen molar-refractivity contribution in [1.82, 2.24) is 4.90 Å². The number of amidine groups is 1. The Kier molecular flexibility index (Phi) is 12.4. The Morgan fingerprint density at radius 3 is 2.16 bits per heavy atom. The lowest BCUT2D eigenvalue weighted by molar-refractivity contribution is -0.326. The molecule has 0 aromatic carbocycles. The summed E-state index contributed by atoms with van der Waals surface area (Å²) in [5, 5.41) is 8.04. The smallest absolute Gasteiger partial charge is 0.311 e. The highest BCUT2D eigenvalue weighted by Crippen LogP contribution is 2.57. The van der Waals surface area contributed by atoms with Crippen LogP contribution in [-0.4, -0.2) is 107 Å². The molecule has 288 valence electrons. The second kappa shape index (κ2) is 14.9. The second-order valence-corrected chi connectivity index (χ2v) is 27.1. The lowest BCUT2D eigenvalue weighted by Gasteiger charge is -2.50. The predicted molar refractivity (Wildman–Crippen MR) is 201 cm³/mol. The van der Waals surface area contributed by atoms with Crippen LogP contribution < -0.4 is 5.73 Å². The summed E-state index contributed by atoms with van der Waals surface area (Å²) in [6.45, 7) is 27.4. The molecule has 4 aliphatic heterocycles. The maximum Gasteiger partial charge on any atom is 0.311 e. The molecule has 4 unspecified atom stereocenters. The lowest BCUT2D eigenvalue weighted by Crippen LogP contribution is -2.62. The summed E-state index contributed by atoms with van der Waals surface area (Å²) in [6.07, 6.45) is 2.18. The molecule has 4 heterocycles. The van der Waals surface area contributed by atoms with Crippen LogP contribution in [0.5, 0.6) is 0 Å². The first-order valence-corrected chi connectivity index (χ1v) is 25.6. The van der Waals surface area contributed by atoms with Crippen molar-refractivity contribution in [2.75, 3.05) is 14.1 Å². The zero-order valence-corrected chi connectivity index (χ0v) is 35.7. The quantitative estimate of drug-likeness (QED) is 0.0803. The minimum atomic E-state index is -2.19. The summed E-state index contributed by atoms with van der Waals surface area (Å²) >= 11 is 0. The number of hydrogen-bond donors (Lipinski definition) is 2. The fourth-order valence-electron chi connectivity index (χ4n) is 8.83. The number of nitrogens with two attached hydrogens (primary N) is 1. The van der Waals surface area contributed by atoms with Gasteiger partial charge in [0.2, 0.25) is 0 Å². The number of carbonyl (C=O) groups excluding carboxylic acids is 1. The van der Waals surface area contributed by atoms with Crippen molar-refractivity contribution in [2.24, 2.45) is 23.5 Å². The van der Waals surface area contributed by atoms with Gasteiger partial charge in [-0.2, -0.15) is 0 Å². The second-order valence-electron chi connectivity index (χ2n) is 18.2. The number of cyclic esters (lactones) is 1. The standard InChI is InChI=1S/C37H69N3O8Si2/c1-16-28-35(6)21-26(17-18-29(38)39)37(47-35)22(2)20-36(7,48-37)32(24(4)30(45-49(10,11)12)25(5)33(41)43-28)44-34-31(46-50(13,14)15)27(40(8)9)19-23(3)42-34/h21-25,27-28,30-32,34H,16-20H2,1-15H3,(H3,38,39)/t22?,23-,24+,25-,27+,28-,30+,31+,32-,34?,35?,36-,37?/m1/s1. The first kappa shape index (κ1) is 41.6. The van der Waals surface area contributed by atoms with E-state index in [4.69, 9.17) is 43.7 Å². The third-order valence-electron chi connectivity index (χ3n) is 10.9. The van der Waals surface area contributed by atoms with Gasteiger partial charge in [-0.25, -0.2) is 0 Å². The van der Waals surface area contributed by atoms with Crippen LogP contribution in [0.1, 0.15) is 80.6 Å². The SMILES string of the molecule is CC[C@H]1OC(=O)[C@H](C)[C@@H](O[Si](C)(C)C)[C@H](C)[C@@H](OC2O[C@H](C)C[C@H](N(C)C)[C@@H]2O[Si](C)(C)C)[C@@]2(C)CC(C)C3(OC1(C)C=C3CCC(=N)N)O2. The van der Waals surface area contributed by atoms with Crippen LogP contribution in [0.2, 0.25) is 39.3 Å². The molecule has 3 N–H and O–H groups in total. The maximum atomic E-state index is 14.2. The highest BCUT2D eigenvalue weighted by atomic mass is 28.4. The summed E-state index contributed by atoms with van der Waals surface area (Å²) in [6, 6.07) is 0.0773. The number of nitrogens with zero attached hydrogens (tertiary/aromatic N) is 1. The molecule has 0 aromatic heterocycles. The molecule has 50 heavy (non-hydrogen) atoms. The molecule has 13 atom stereocenters. The van der Waals surface area contributed by atoms with Crippen molar-refractivity contribution in [1.29, 1.82) is 5.41 Å². The molecule has 3 fully saturated rings. The van der Waals surface area contributed by atoms with Crippen LogP contribution in [0.4, 0.5) is 0 Å². The van der Waals surface area contributed by atoms with E-state index < -0.39 is 64.1 Å². The molecule has 0 aromatic rings. The van der Waals surface area contributed by atoms with E-state index in [0.717, 1.165) is 12.0 Å². The van der Waals surface area contributed by atoms with Crippen molar-refractivity contribution in [3.05, 3.63) is 11.6 Å². The maximum absolute atomic E-state index is 14.2. The minimum absolute atomic E-state index is 0.0631. The van der Waals surface area contributed by atoms with Gasteiger partial charge < -0.3 is 43.2 Å². The molecular formula is C37H69N3O8Si2. The topological polar surface area (TPSA) is 135 Å². The van der Waals surface area contributed by atoms with Crippen molar-refractivity contribution in [2.45, 2.75) is 180 Å². The highest BCUT2D eigenvalue weighted by Gasteiger charge is 2.65. The highest BCUT2D eigenvalue weighted by molar-refractivity contribution is 6.70. The Bertz CT molecular complexity index is 1270. The normalized spacial score (nSPS) is 42.9. The van der Waals surface area contributed by atoms with Crippen LogP contribution in [0.15, 0.2) is 11.6 Å². The molecule has 0 radical (unpaired) electrons. The van der Waals surface area contributed by atoms with Gasteiger partial charge in [0.1, 0.15) is 17.8 Å². The fraction of sp³-hybridized carbons (Fsp3) is 0.892. The number of rotatable bonds is 11. The van der Waals surface area contributed by atoms with Crippen LogP contribution in [0, 0.1) is 23.2 Å². The predicted octanol–water partition coefficient (Wildman–Crippen LogP) is 6.43. The molecule has 4 rings (SSSR count). The molecule has 0 saturated carbocycles. The number of fused-ring (bicyclic) bond motifs is 2. The number of likely N-dealkylation sites (N-methyl/N-ethyl adjacent to an activating group) is 1. The molecule has 0 amide bonds. The number of carbonyl (C=O) groups is 1. The fourth-order valence-corrected chi connectivity index (χ4v) is 11.1. The van der Waals surface area contributed by atoms with E-state index in [2.05, 4.69) is 92.0 Å². The van der Waals surface area contributed by atoms with Gasteiger partial charge in [-0.1, -0.05) is 20.8 Å². The number of nitrogens with one attached hydrogen (secondary N) is 1. The summed E-state index contributed by atoms with van der Waals surface area (Å²) in [5.74, 6) is -2.35. The van der Waals surface area contributed by atoms with Crippen LogP contribution >= 0.6 is 0 Å². The zero-order valence-electron chi connectivity index (χ0n) is 33.7. The first-order chi connectivity index (χ1) is 22.8. The first-order valence-electron chi connectivity index (χ1n) is 18.8. The molecule has 0 aliphatic carbocycles. The van der Waals surface area contributed by atoms with Crippen LogP contribution in [0.25, 0.3) is 0 Å². The van der Waals surface area contributed by atoms with Crippen LogP contribution in [0.3, 0.4) is 0 Å². The van der Waals surface area contributed by atoms with E-state index in [-0.39, 0.29) is 41.9 Å². The molecule has 11 nitrogen and oxygen atoms in total. The Hall–Kier alpha value is -1.17. The molecule has 4 aliphatic rings. The Morgan fingerprint density at radius 2 is 1.62 bits per heavy atom. The molecule has 13 heteroatoms. The van der Waals surface area contributed by atoms with E-state index in [1.54, 1.807) is 0 Å². The van der Waals surface area contributed by atoms with Crippen molar-refractivity contribution in [3.63, 3.8) is 0 Å². The van der Waals surface area contributed by atoms with Gasteiger partial charge in [-0.3, -0.25) is 10.2 Å². The van der Waals surface area contributed by atoms with Gasteiger partial charge in [0.15, 0.2) is 28.7 Å². The molecule has 3 bridgehead atoms. The van der Waals surface area contributed by atoms with Crippen LogP contribution in [-0.2, 0) is 37.3 Å². The van der Waals surface area contributed by atoms with Crippen molar-refractivity contribution < 1.29 is 37.3 Å². The average molecular weight is 740 g/mol.